The van der Waals surface area contributed by atoms with Gasteiger partial charge in [0, 0.05) is 23.5 Å². The molecular formula is C20H27ClN8S. The quantitative estimate of drug-likeness (QED) is 0.350. The van der Waals surface area contributed by atoms with E-state index in [1.165, 1.54) is 11.8 Å². The van der Waals surface area contributed by atoms with Gasteiger partial charge in [0.1, 0.15) is 10.8 Å². The first-order valence-corrected chi connectivity index (χ1v) is 11.0. The average Bonchev–Trinajstić information content (AvgIpc) is 2.72. The van der Waals surface area contributed by atoms with E-state index in [-0.39, 0.29) is 5.54 Å². The number of nitrogen functional groups attached to an aromatic ring is 1. The van der Waals surface area contributed by atoms with E-state index < -0.39 is 0 Å². The number of hydrazone groups is 1. The average molecular weight is 447 g/mol. The molecule has 0 bridgehead atoms. The van der Waals surface area contributed by atoms with Gasteiger partial charge >= 0.3 is 0 Å². The lowest BCUT2D eigenvalue weighted by Crippen LogP contribution is -2.48. The van der Waals surface area contributed by atoms with Crippen molar-refractivity contribution in [3.8, 4) is 0 Å². The smallest absolute Gasteiger partial charge is 0.158 e. The molecule has 1 aliphatic rings. The van der Waals surface area contributed by atoms with Gasteiger partial charge < -0.3 is 22.2 Å². The number of benzene rings is 1. The number of anilines is 2. The molecule has 0 aliphatic carbocycles. The van der Waals surface area contributed by atoms with E-state index in [2.05, 4.69) is 31.9 Å². The van der Waals surface area contributed by atoms with Crippen LogP contribution in [0.5, 0.6) is 0 Å². The minimum Gasteiger partial charge on any atom is -0.381 e. The van der Waals surface area contributed by atoms with Gasteiger partial charge in [-0.2, -0.15) is 5.10 Å². The lowest BCUT2D eigenvalue weighted by atomic mass is 9.91. The number of halogens is 1. The Morgan fingerprint density at radius 1 is 1.37 bits per heavy atom. The zero-order chi connectivity index (χ0) is 21.7. The number of piperidine rings is 1. The van der Waals surface area contributed by atoms with Crippen molar-refractivity contribution in [3.05, 3.63) is 29.4 Å². The lowest BCUT2D eigenvalue weighted by Gasteiger charge is -2.37. The summed E-state index contributed by atoms with van der Waals surface area (Å²) in [5.41, 5.74) is 13.6. The number of nitrogens with zero attached hydrogens (tertiary/aromatic N) is 5. The van der Waals surface area contributed by atoms with Crippen molar-refractivity contribution in [3.63, 3.8) is 0 Å². The Kier molecular flexibility index (Phi) is 7.17. The third-order valence-corrected chi connectivity index (χ3v) is 6.59. The third kappa shape index (κ3) is 5.41. The Labute approximate surface area is 186 Å². The fourth-order valence-electron chi connectivity index (χ4n) is 3.00. The Bertz CT molecular complexity index is 950. The fourth-order valence-corrected chi connectivity index (χ4v) is 4.10. The van der Waals surface area contributed by atoms with Crippen molar-refractivity contribution in [2.75, 3.05) is 23.7 Å². The standard InChI is InChI=1S/C20H27ClN8S/c1-3-13(28-24)11-25-14-5-4-6-15(17(14)21)30-19-18(22)27-16(12-26-19)29-9-7-20(2,23)8-10-29/h4-6,11-12H,3,7-10,23-24H2,1-2H3,(H2,22,27)/b25-11?,28-13-. The number of aliphatic imine (C=N–C) groups is 1. The molecule has 1 aliphatic heterocycles. The molecule has 1 aromatic heterocycles. The van der Waals surface area contributed by atoms with E-state index in [9.17, 15) is 0 Å². The van der Waals surface area contributed by atoms with Crippen LogP contribution in [0, 0.1) is 0 Å². The summed E-state index contributed by atoms with van der Waals surface area (Å²) < 4.78 is 0. The molecule has 0 amide bonds. The summed E-state index contributed by atoms with van der Waals surface area (Å²) in [7, 11) is 0. The maximum Gasteiger partial charge on any atom is 0.158 e. The summed E-state index contributed by atoms with van der Waals surface area (Å²) in [6.45, 7) is 5.71. The highest BCUT2D eigenvalue weighted by atomic mass is 35.5. The molecule has 0 spiro atoms. The molecule has 0 radical (unpaired) electrons. The Hall–Kier alpha value is -2.36. The van der Waals surface area contributed by atoms with Crippen molar-refractivity contribution < 1.29 is 0 Å². The van der Waals surface area contributed by atoms with Gasteiger partial charge in [-0.05, 0) is 38.3 Å². The Balaban J connectivity index is 1.76. The zero-order valence-corrected chi connectivity index (χ0v) is 18.7. The van der Waals surface area contributed by atoms with E-state index in [4.69, 9.17) is 28.9 Å². The second-order valence-corrected chi connectivity index (χ2v) is 8.89. The Morgan fingerprint density at radius 3 is 2.73 bits per heavy atom. The first-order chi connectivity index (χ1) is 14.3. The summed E-state index contributed by atoms with van der Waals surface area (Å²) in [4.78, 5) is 16.4. The highest BCUT2D eigenvalue weighted by Gasteiger charge is 2.27. The molecule has 2 heterocycles. The van der Waals surface area contributed by atoms with Crippen LogP contribution in [0.1, 0.15) is 33.1 Å². The fraction of sp³-hybridized carbons (Fsp3) is 0.400. The highest BCUT2D eigenvalue weighted by Crippen LogP contribution is 2.39. The third-order valence-electron chi connectivity index (χ3n) is 5.01. The minimum absolute atomic E-state index is 0.122. The normalized spacial score (nSPS) is 16.9. The molecular weight excluding hydrogens is 420 g/mol. The van der Waals surface area contributed by atoms with Crippen molar-refractivity contribution in [2.45, 2.75) is 48.6 Å². The van der Waals surface area contributed by atoms with Gasteiger partial charge in [-0.3, -0.25) is 4.99 Å². The molecule has 1 saturated heterocycles. The van der Waals surface area contributed by atoms with Crippen molar-refractivity contribution >= 4 is 52.6 Å². The van der Waals surface area contributed by atoms with E-state index >= 15 is 0 Å². The van der Waals surface area contributed by atoms with E-state index in [0.717, 1.165) is 36.6 Å². The highest BCUT2D eigenvalue weighted by molar-refractivity contribution is 7.99. The number of nitrogens with two attached hydrogens (primary N) is 3. The van der Waals surface area contributed by atoms with Gasteiger partial charge in [-0.15, -0.1) is 0 Å². The van der Waals surface area contributed by atoms with Gasteiger partial charge in [0.2, 0.25) is 0 Å². The first-order valence-electron chi connectivity index (χ1n) is 9.76. The maximum atomic E-state index is 6.55. The van der Waals surface area contributed by atoms with Crippen molar-refractivity contribution in [2.24, 2.45) is 21.7 Å². The predicted molar refractivity (Wildman–Crippen MR) is 126 cm³/mol. The molecule has 2 aromatic rings. The molecule has 0 unspecified atom stereocenters. The van der Waals surface area contributed by atoms with E-state index in [1.807, 2.05) is 25.1 Å². The van der Waals surface area contributed by atoms with Gasteiger partial charge in [0.25, 0.3) is 0 Å². The van der Waals surface area contributed by atoms with Crippen LogP contribution in [0.4, 0.5) is 17.3 Å². The number of hydrogen-bond donors (Lipinski definition) is 3. The zero-order valence-electron chi connectivity index (χ0n) is 17.2. The molecule has 160 valence electrons. The molecule has 1 aromatic carbocycles. The van der Waals surface area contributed by atoms with Crippen molar-refractivity contribution in [1.82, 2.24) is 9.97 Å². The van der Waals surface area contributed by atoms with Gasteiger partial charge in [-0.1, -0.05) is 36.4 Å². The van der Waals surface area contributed by atoms with Crippen LogP contribution >= 0.6 is 23.4 Å². The molecule has 8 nitrogen and oxygen atoms in total. The number of hydrogen-bond acceptors (Lipinski definition) is 9. The molecule has 1 fully saturated rings. The van der Waals surface area contributed by atoms with Crippen LogP contribution < -0.4 is 22.2 Å². The molecule has 0 saturated carbocycles. The van der Waals surface area contributed by atoms with Crippen LogP contribution in [0.3, 0.4) is 0 Å². The molecule has 3 rings (SSSR count). The second kappa shape index (κ2) is 9.63. The lowest BCUT2D eigenvalue weighted by molar-refractivity contribution is 0.363. The largest absolute Gasteiger partial charge is 0.381 e. The summed E-state index contributed by atoms with van der Waals surface area (Å²) in [6, 6.07) is 5.60. The summed E-state index contributed by atoms with van der Waals surface area (Å²) in [5.74, 6) is 6.47. The number of aromatic nitrogens is 2. The molecule has 10 heteroatoms. The second-order valence-electron chi connectivity index (χ2n) is 7.48. The van der Waals surface area contributed by atoms with Crippen LogP contribution in [0.25, 0.3) is 0 Å². The predicted octanol–water partition coefficient (Wildman–Crippen LogP) is 3.61. The van der Waals surface area contributed by atoms with Gasteiger partial charge in [0.05, 0.1) is 28.8 Å². The molecule has 6 N–H and O–H groups in total. The van der Waals surface area contributed by atoms with Crippen LogP contribution in [0.2, 0.25) is 5.02 Å². The van der Waals surface area contributed by atoms with E-state index in [1.54, 1.807) is 12.4 Å². The van der Waals surface area contributed by atoms with Crippen LogP contribution in [0.15, 0.2) is 44.4 Å². The van der Waals surface area contributed by atoms with Gasteiger partial charge in [-0.25, -0.2) is 9.97 Å². The van der Waals surface area contributed by atoms with Crippen LogP contribution in [-0.2, 0) is 0 Å². The maximum absolute atomic E-state index is 6.55. The first kappa shape index (κ1) is 22.3. The molecule has 0 atom stereocenters. The topological polar surface area (TPSA) is 132 Å². The van der Waals surface area contributed by atoms with E-state index in [0.29, 0.717) is 33.7 Å². The number of rotatable bonds is 6. The summed E-state index contributed by atoms with van der Waals surface area (Å²) in [6.07, 6.45) is 5.86. The minimum atomic E-state index is -0.122. The van der Waals surface area contributed by atoms with Crippen molar-refractivity contribution in [1.29, 1.82) is 0 Å². The summed E-state index contributed by atoms with van der Waals surface area (Å²) >= 11 is 7.90. The van der Waals surface area contributed by atoms with Gasteiger partial charge in [0.15, 0.2) is 5.82 Å². The van der Waals surface area contributed by atoms with Crippen LogP contribution in [-0.4, -0.2) is 40.5 Å². The monoisotopic (exact) mass is 446 g/mol. The summed E-state index contributed by atoms with van der Waals surface area (Å²) in [5, 5.41) is 4.79. The Morgan fingerprint density at radius 2 is 2.10 bits per heavy atom. The SMILES string of the molecule is CC/C(C=Nc1cccc(Sc2ncc(N3CCC(C)(N)CC3)nc2N)c1Cl)=N/N. The molecule has 30 heavy (non-hydrogen) atoms.